The first-order chi connectivity index (χ1) is 13.9. The van der Waals surface area contributed by atoms with Gasteiger partial charge in [-0.05, 0) is 59.7 Å². The maximum Gasteiger partial charge on any atom is 0.268 e. The van der Waals surface area contributed by atoms with E-state index in [-0.39, 0.29) is 10.5 Å². The van der Waals surface area contributed by atoms with Gasteiger partial charge in [0.1, 0.15) is 17.6 Å². The third kappa shape index (κ3) is 3.24. The number of fused-ring (bicyclic) bond motifs is 1. The van der Waals surface area contributed by atoms with Gasteiger partial charge in [0.25, 0.3) is 10.0 Å². The molecule has 3 aromatic carbocycles. The number of hydrogen-bond acceptors (Lipinski definition) is 4. The summed E-state index contributed by atoms with van der Waals surface area (Å²) in [6, 6.07) is 19.2. The second kappa shape index (κ2) is 7.08. The van der Waals surface area contributed by atoms with Crippen molar-refractivity contribution < 1.29 is 17.5 Å². The van der Waals surface area contributed by atoms with Crippen LogP contribution in [0.2, 0.25) is 0 Å². The summed E-state index contributed by atoms with van der Waals surface area (Å²) >= 11 is 0. The lowest BCUT2D eigenvalue weighted by Crippen LogP contribution is -2.11. The smallest absolute Gasteiger partial charge is 0.268 e. The Kier molecular flexibility index (Phi) is 4.57. The molecule has 144 valence electrons. The van der Waals surface area contributed by atoms with Gasteiger partial charge < -0.3 is 4.74 Å². The minimum atomic E-state index is -3.82. The Bertz CT molecular complexity index is 1370. The van der Waals surface area contributed by atoms with Gasteiger partial charge in [-0.2, -0.15) is 5.26 Å². The fraction of sp³-hybridized carbons (Fsp3) is 0.0455. The number of aromatic nitrogens is 1. The van der Waals surface area contributed by atoms with Crippen LogP contribution in [0.4, 0.5) is 4.39 Å². The molecule has 0 radical (unpaired) electrons. The van der Waals surface area contributed by atoms with Crippen LogP contribution >= 0.6 is 0 Å². The van der Waals surface area contributed by atoms with Gasteiger partial charge in [0.05, 0.1) is 23.1 Å². The molecule has 0 bridgehead atoms. The molecule has 0 amide bonds. The van der Waals surface area contributed by atoms with Crippen molar-refractivity contribution in [3.05, 3.63) is 84.3 Å². The monoisotopic (exact) mass is 406 g/mol. The van der Waals surface area contributed by atoms with E-state index in [9.17, 15) is 12.8 Å². The fourth-order valence-electron chi connectivity index (χ4n) is 3.14. The van der Waals surface area contributed by atoms with Gasteiger partial charge in [-0.15, -0.1) is 0 Å². The molecule has 0 fully saturated rings. The van der Waals surface area contributed by atoms with Crippen LogP contribution in [-0.2, 0) is 10.0 Å². The first-order valence-corrected chi connectivity index (χ1v) is 10.1. The predicted molar refractivity (Wildman–Crippen MR) is 108 cm³/mol. The molecule has 4 aromatic rings. The number of methoxy groups -OCH3 is 1. The van der Waals surface area contributed by atoms with Crippen LogP contribution in [0.1, 0.15) is 5.56 Å². The van der Waals surface area contributed by atoms with Crippen molar-refractivity contribution in [2.45, 2.75) is 4.90 Å². The Balaban J connectivity index is 1.83. The molecule has 0 aliphatic heterocycles. The summed E-state index contributed by atoms with van der Waals surface area (Å²) in [4.78, 5) is 0.130. The van der Waals surface area contributed by atoms with E-state index in [0.29, 0.717) is 22.4 Å². The summed E-state index contributed by atoms with van der Waals surface area (Å²) in [5.41, 5.74) is 1.63. The van der Waals surface area contributed by atoms with Crippen LogP contribution in [0.5, 0.6) is 5.75 Å². The van der Waals surface area contributed by atoms with Crippen molar-refractivity contribution in [1.82, 2.24) is 3.97 Å². The summed E-state index contributed by atoms with van der Waals surface area (Å²) in [6.45, 7) is 0. The Morgan fingerprint density at radius 1 is 0.966 bits per heavy atom. The van der Waals surface area contributed by atoms with Crippen molar-refractivity contribution in [2.75, 3.05) is 7.11 Å². The number of nitriles is 1. The summed E-state index contributed by atoms with van der Waals surface area (Å²) in [5, 5.41) is 9.63. The van der Waals surface area contributed by atoms with Crippen LogP contribution in [0.3, 0.4) is 0 Å². The molecule has 0 aliphatic rings. The zero-order valence-corrected chi connectivity index (χ0v) is 16.2. The second-order valence-electron chi connectivity index (χ2n) is 6.37. The van der Waals surface area contributed by atoms with Crippen LogP contribution in [0.25, 0.3) is 22.0 Å². The van der Waals surface area contributed by atoms with Crippen molar-refractivity contribution in [3.8, 4) is 22.9 Å². The molecule has 0 N–H and O–H groups in total. The number of nitrogens with zero attached hydrogens (tertiary/aromatic N) is 2. The molecule has 5 nitrogen and oxygen atoms in total. The first kappa shape index (κ1) is 18.7. The van der Waals surface area contributed by atoms with Crippen LogP contribution in [-0.4, -0.2) is 19.5 Å². The van der Waals surface area contributed by atoms with E-state index in [1.165, 1.54) is 41.5 Å². The Morgan fingerprint density at radius 3 is 2.31 bits per heavy atom. The predicted octanol–water partition coefficient (Wildman–Crippen LogP) is 4.56. The maximum absolute atomic E-state index is 14.0. The fourth-order valence-corrected chi connectivity index (χ4v) is 4.48. The summed E-state index contributed by atoms with van der Waals surface area (Å²) < 4.78 is 46.5. The van der Waals surface area contributed by atoms with Crippen LogP contribution < -0.4 is 4.74 Å². The Morgan fingerprint density at radius 2 is 1.66 bits per heavy atom. The molecule has 0 saturated carbocycles. The van der Waals surface area contributed by atoms with E-state index in [0.717, 1.165) is 5.39 Å². The second-order valence-corrected chi connectivity index (χ2v) is 8.19. The lowest BCUT2D eigenvalue weighted by Gasteiger charge is -2.10. The van der Waals surface area contributed by atoms with E-state index in [4.69, 9.17) is 10.00 Å². The molecule has 4 rings (SSSR count). The Hall–Kier alpha value is -3.63. The van der Waals surface area contributed by atoms with E-state index in [1.807, 2.05) is 0 Å². The van der Waals surface area contributed by atoms with Gasteiger partial charge in [0, 0.05) is 11.6 Å². The van der Waals surface area contributed by atoms with E-state index >= 15 is 0 Å². The number of ether oxygens (including phenoxy) is 1. The SMILES string of the molecule is COc1ccc(S(=O)(=O)n2ccc3ccc(-c4ccc(C#N)c(F)c4)cc32)cc1. The van der Waals surface area contributed by atoms with Gasteiger partial charge in [0.15, 0.2) is 0 Å². The summed E-state index contributed by atoms with van der Waals surface area (Å²) in [5.74, 6) is -0.0576. The van der Waals surface area contributed by atoms with Gasteiger partial charge in [-0.3, -0.25) is 0 Å². The highest BCUT2D eigenvalue weighted by Crippen LogP contribution is 2.29. The lowest BCUT2D eigenvalue weighted by molar-refractivity contribution is 0.414. The molecule has 1 aromatic heterocycles. The number of rotatable bonds is 4. The largest absolute Gasteiger partial charge is 0.497 e. The number of hydrogen-bond donors (Lipinski definition) is 0. The quantitative estimate of drug-likeness (QED) is 0.498. The van der Waals surface area contributed by atoms with Gasteiger partial charge >= 0.3 is 0 Å². The van der Waals surface area contributed by atoms with Crippen LogP contribution in [0.15, 0.2) is 77.8 Å². The standard InChI is InChI=1S/C22H15FN2O3S/c1-28-19-6-8-20(9-7-19)29(26,27)25-11-10-15-2-3-17(13-22(15)25)16-4-5-18(14-24)21(23)12-16/h2-13H,1H3. The van der Waals surface area contributed by atoms with Crippen molar-refractivity contribution in [3.63, 3.8) is 0 Å². The van der Waals surface area contributed by atoms with Crippen LogP contribution in [0, 0.1) is 17.1 Å². The zero-order chi connectivity index (χ0) is 20.6. The summed E-state index contributed by atoms with van der Waals surface area (Å²) in [7, 11) is -2.31. The normalized spacial score (nSPS) is 11.3. The third-order valence-electron chi connectivity index (χ3n) is 4.70. The molecule has 0 saturated heterocycles. The molecule has 29 heavy (non-hydrogen) atoms. The highest BCUT2D eigenvalue weighted by atomic mass is 32.2. The lowest BCUT2D eigenvalue weighted by atomic mass is 10.0. The highest BCUT2D eigenvalue weighted by Gasteiger charge is 2.19. The number of halogens is 1. The Labute approximate surface area is 167 Å². The molecule has 1 heterocycles. The molecule has 7 heteroatoms. The van der Waals surface area contributed by atoms with Gasteiger partial charge in [-0.25, -0.2) is 16.8 Å². The third-order valence-corrected chi connectivity index (χ3v) is 6.40. The molecule has 0 unspecified atom stereocenters. The zero-order valence-electron chi connectivity index (χ0n) is 15.3. The first-order valence-electron chi connectivity index (χ1n) is 8.65. The maximum atomic E-state index is 14.0. The van der Waals surface area contributed by atoms with E-state index < -0.39 is 15.8 Å². The van der Waals surface area contributed by atoms with Gasteiger partial charge in [-0.1, -0.05) is 18.2 Å². The molecular weight excluding hydrogens is 391 g/mol. The average molecular weight is 406 g/mol. The average Bonchev–Trinajstić information content (AvgIpc) is 3.17. The molecular formula is C22H15FN2O3S. The van der Waals surface area contributed by atoms with Crippen molar-refractivity contribution >= 4 is 20.9 Å². The highest BCUT2D eigenvalue weighted by molar-refractivity contribution is 7.90. The number of benzene rings is 3. The van der Waals surface area contributed by atoms with Crippen molar-refractivity contribution in [1.29, 1.82) is 5.26 Å². The molecule has 0 spiro atoms. The minimum absolute atomic E-state index is 0.0414. The topological polar surface area (TPSA) is 72.1 Å². The van der Waals surface area contributed by atoms with Crippen molar-refractivity contribution in [2.24, 2.45) is 0 Å². The minimum Gasteiger partial charge on any atom is -0.497 e. The summed E-state index contributed by atoms with van der Waals surface area (Å²) in [6.07, 6.45) is 1.49. The van der Waals surface area contributed by atoms with E-state index in [2.05, 4.69) is 0 Å². The van der Waals surface area contributed by atoms with Gasteiger partial charge in [0.2, 0.25) is 0 Å². The molecule has 0 aliphatic carbocycles. The molecule has 0 atom stereocenters. The van der Waals surface area contributed by atoms with E-state index in [1.54, 1.807) is 48.5 Å².